The molecule has 0 spiro atoms. The van der Waals surface area contributed by atoms with Crippen molar-refractivity contribution in [2.24, 2.45) is 12.8 Å². The molecule has 3 heterocycles. The lowest BCUT2D eigenvalue weighted by Gasteiger charge is -2.33. The largest absolute Gasteiger partial charge is 0.340 e. The molecule has 1 aromatic carbocycles. The van der Waals surface area contributed by atoms with E-state index in [0.29, 0.717) is 6.54 Å². The Bertz CT molecular complexity index is 869. The number of fused-ring (bicyclic) bond motifs is 1. The van der Waals surface area contributed by atoms with Crippen LogP contribution in [0.1, 0.15) is 24.6 Å². The minimum Gasteiger partial charge on any atom is -0.340 e. The highest BCUT2D eigenvalue weighted by Gasteiger charge is 2.25. The lowest BCUT2D eigenvalue weighted by atomic mass is 10.1. The maximum absolute atomic E-state index is 13.5. The van der Waals surface area contributed by atoms with Gasteiger partial charge in [-0.25, -0.2) is 14.1 Å². The third-order valence-corrected chi connectivity index (χ3v) is 4.64. The lowest BCUT2D eigenvalue weighted by Crippen LogP contribution is -2.38. The number of benzene rings is 1. The molecule has 1 unspecified atom stereocenters. The summed E-state index contributed by atoms with van der Waals surface area (Å²) in [5.41, 5.74) is 8.02. The summed E-state index contributed by atoms with van der Waals surface area (Å²) in [6.07, 6.45) is 4.00. The van der Waals surface area contributed by atoms with Crippen LogP contribution in [0.15, 0.2) is 24.4 Å². The number of aromatic nitrogens is 5. The summed E-state index contributed by atoms with van der Waals surface area (Å²) < 4.78 is 17.4. The minimum atomic E-state index is -0.245. The second-order valence-electron chi connectivity index (χ2n) is 6.24. The van der Waals surface area contributed by atoms with Gasteiger partial charge >= 0.3 is 0 Å². The average Bonchev–Trinajstić information content (AvgIpc) is 3.20. The molecule has 3 aromatic rings. The predicted octanol–water partition coefficient (Wildman–Crippen LogP) is 1.60. The average molecular weight is 329 g/mol. The zero-order valence-corrected chi connectivity index (χ0v) is 13.6. The van der Waals surface area contributed by atoms with Crippen LogP contribution >= 0.6 is 0 Å². The van der Waals surface area contributed by atoms with Crippen molar-refractivity contribution in [3.63, 3.8) is 0 Å². The van der Waals surface area contributed by atoms with Crippen LogP contribution < -0.4 is 10.6 Å². The molecule has 2 aromatic heterocycles. The van der Waals surface area contributed by atoms with Gasteiger partial charge < -0.3 is 15.2 Å². The summed E-state index contributed by atoms with van der Waals surface area (Å²) in [4.78, 5) is 6.92. The van der Waals surface area contributed by atoms with Gasteiger partial charge in [-0.1, -0.05) is 5.21 Å². The van der Waals surface area contributed by atoms with Crippen LogP contribution in [-0.2, 0) is 13.6 Å². The first-order valence-electron chi connectivity index (χ1n) is 8.13. The molecule has 1 aliphatic heterocycles. The summed E-state index contributed by atoms with van der Waals surface area (Å²) in [7, 11) is 1.93. The van der Waals surface area contributed by atoms with Crippen molar-refractivity contribution in [1.82, 2.24) is 24.5 Å². The number of imidazole rings is 1. The quantitative estimate of drug-likeness (QED) is 0.790. The van der Waals surface area contributed by atoms with Gasteiger partial charge in [0.05, 0.1) is 29.0 Å². The molecule has 0 amide bonds. The van der Waals surface area contributed by atoms with Gasteiger partial charge in [0.2, 0.25) is 5.95 Å². The molecular weight excluding hydrogens is 309 g/mol. The van der Waals surface area contributed by atoms with Gasteiger partial charge in [-0.2, -0.15) is 0 Å². The Balaban J connectivity index is 1.63. The van der Waals surface area contributed by atoms with Crippen LogP contribution in [0.25, 0.3) is 11.0 Å². The van der Waals surface area contributed by atoms with E-state index in [4.69, 9.17) is 5.73 Å². The van der Waals surface area contributed by atoms with Gasteiger partial charge in [-0.3, -0.25) is 0 Å². The minimum absolute atomic E-state index is 0.239. The molecule has 0 aliphatic carbocycles. The number of anilines is 1. The molecule has 4 rings (SSSR count). The van der Waals surface area contributed by atoms with Crippen LogP contribution in [0.2, 0.25) is 0 Å². The highest BCUT2D eigenvalue weighted by Crippen LogP contribution is 2.28. The summed E-state index contributed by atoms with van der Waals surface area (Å²) in [6, 6.07) is 4.93. The first-order valence-corrected chi connectivity index (χ1v) is 8.13. The number of piperidine rings is 1. The zero-order chi connectivity index (χ0) is 16.7. The van der Waals surface area contributed by atoms with Gasteiger partial charge in [-0.05, 0) is 31.0 Å². The lowest BCUT2D eigenvalue weighted by molar-refractivity contribution is 0.365. The van der Waals surface area contributed by atoms with Gasteiger partial charge in [0.1, 0.15) is 5.82 Å². The first-order chi connectivity index (χ1) is 11.7. The maximum Gasteiger partial charge on any atom is 0.206 e. The van der Waals surface area contributed by atoms with E-state index >= 15 is 0 Å². The molecule has 1 fully saturated rings. The molecule has 8 heteroatoms. The van der Waals surface area contributed by atoms with E-state index in [-0.39, 0.29) is 11.9 Å². The number of nitrogens with zero attached hydrogens (tertiary/aromatic N) is 6. The Hall–Kier alpha value is -2.48. The molecule has 7 nitrogen and oxygen atoms in total. The molecule has 24 heavy (non-hydrogen) atoms. The highest BCUT2D eigenvalue weighted by molar-refractivity contribution is 5.78. The van der Waals surface area contributed by atoms with Crippen molar-refractivity contribution in [3.05, 3.63) is 35.9 Å². The van der Waals surface area contributed by atoms with E-state index in [1.807, 2.05) is 22.5 Å². The van der Waals surface area contributed by atoms with E-state index in [1.54, 1.807) is 6.07 Å². The van der Waals surface area contributed by atoms with E-state index < -0.39 is 0 Å². The van der Waals surface area contributed by atoms with Gasteiger partial charge in [0.25, 0.3) is 0 Å². The van der Waals surface area contributed by atoms with Crippen LogP contribution in [0.4, 0.5) is 10.3 Å². The smallest absolute Gasteiger partial charge is 0.206 e. The van der Waals surface area contributed by atoms with Crippen molar-refractivity contribution in [1.29, 1.82) is 0 Å². The van der Waals surface area contributed by atoms with E-state index in [0.717, 1.165) is 48.6 Å². The van der Waals surface area contributed by atoms with Gasteiger partial charge in [0, 0.05) is 26.7 Å². The topological polar surface area (TPSA) is 77.8 Å². The Morgan fingerprint density at radius 2 is 2.25 bits per heavy atom. The van der Waals surface area contributed by atoms with Crippen LogP contribution in [0.3, 0.4) is 0 Å². The van der Waals surface area contributed by atoms with Crippen LogP contribution in [0.5, 0.6) is 0 Å². The van der Waals surface area contributed by atoms with Gasteiger partial charge in [-0.15, -0.1) is 5.10 Å². The monoisotopic (exact) mass is 329 g/mol. The second-order valence-corrected chi connectivity index (χ2v) is 6.24. The van der Waals surface area contributed by atoms with Gasteiger partial charge in [0.15, 0.2) is 0 Å². The Kier molecular flexibility index (Phi) is 3.68. The van der Waals surface area contributed by atoms with E-state index in [1.165, 1.54) is 12.1 Å². The Morgan fingerprint density at radius 1 is 1.38 bits per heavy atom. The Labute approximate surface area is 138 Å². The van der Waals surface area contributed by atoms with Crippen LogP contribution in [0, 0.1) is 5.82 Å². The molecule has 1 aliphatic rings. The standard InChI is InChI=1S/C16H20FN7/c1-22-15-7-11(17)4-5-14(15)19-16(22)23-6-2-3-13(10-23)24-9-12(8-18)20-21-24/h4-5,7,9,13H,2-3,6,8,10,18H2,1H3. The number of halogens is 1. The molecule has 2 N–H and O–H groups in total. The zero-order valence-electron chi connectivity index (χ0n) is 13.6. The summed E-state index contributed by atoms with van der Waals surface area (Å²) in [6.45, 7) is 2.12. The summed E-state index contributed by atoms with van der Waals surface area (Å²) >= 11 is 0. The maximum atomic E-state index is 13.5. The SMILES string of the molecule is Cn1c(N2CCCC(n3cc(CN)nn3)C2)nc2ccc(F)cc21. The fourth-order valence-electron chi connectivity index (χ4n) is 3.37. The molecule has 1 atom stereocenters. The van der Waals surface area contributed by atoms with E-state index in [9.17, 15) is 4.39 Å². The van der Waals surface area contributed by atoms with Crippen molar-refractivity contribution in [2.75, 3.05) is 18.0 Å². The van der Waals surface area contributed by atoms with Crippen LogP contribution in [-0.4, -0.2) is 37.6 Å². The number of hydrogen-bond donors (Lipinski definition) is 1. The second kappa shape index (κ2) is 5.86. The predicted molar refractivity (Wildman–Crippen MR) is 89.1 cm³/mol. The number of nitrogens with two attached hydrogens (primary N) is 1. The first kappa shape index (κ1) is 15.1. The van der Waals surface area contributed by atoms with Crippen molar-refractivity contribution in [2.45, 2.75) is 25.4 Å². The Morgan fingerprint density at radius 3 is 3.04 bits per heavy atom. The molecule has 1 saturated heterocycles. The molecule has 0 bridgehead atoms. The molecule has 0 saturated carbocycles. The number of hydrogen-bond acceptors (Lipinski definition) is 5. The van der Waals surface area contributed by atoms with Crippen molar-refractivity contribution in [3.8, 4) is 0 Å². The molecule has 126 valence electrons. The third-order valence-electron chi connectivity index (χ3n) is 4.64. The summed E-state index contributed by atoms with van der Waals surface area (Å²) in [5.74, 6) is 0.616. The number of aryl methyl sites for hydroxylation is 1. The molecular formula is C16H20FN7. The fourth-order valence-corrected chi connectivity index (χ4v) is 3.37. The fraction of sp³-hybridized carbons (Fsp3) is 0.438. The highest BCUT2D eigenvalue weighted by atomic mass is 19.1. The van der Waals surface area contributed by atoms with Crippen molar-refractivity contribution >= 4 is 17.0 Å². The normalized spacial score (nSPS) is 18.5. The summed E-state index contributed by atoms with van der Waals surface area (Å²) in [5, 5.41) is 8.28. The van der Waals surface area contributed by atoms with Crippen molar-refractivity contribution < 1.29 is 4.39 Å². The third kappa shape index (κ3) is 2.52. The molecule has 0 radical (unpaired) electrons. The number of rotatable bonds is 3. The van der Waals surface area contributed by atoms with E-state index in [2.05, 4.69) is 20.2 Å².